The van der Waals surface area contributed by atoms with Gasteiger partial charge in [0.2, 0.25) is 11.8 Å². The van der Waals surface area contributed by atoms with Crippen LogP contribution in [-0.4, -0.2) is 37.0 Å². The molecule has 0 saturated carbocycles. The van der Waals surface area contributed by atoms with Gasteiger partial charge >= 0.3 is 0 Å². The summed E-state index contributed by atoms with van der Waals surface area (Å²) in [5.41, 5.74) is 0.711. The number of rotatable bonds is 4. The molecule has 2 aliphatic heterocycles. The zero-order chi connectivity index (χ0) is 15.5. The molecule has 7 heteroatoms. The smallest absolute Gasteiger partial charge is 0.249 e. The van der Waals surface area contributed by atoms with E-state index in [-0.39, 0.29) is 30.3 Å². The summed E-state index contributed by atoms with van der Waals surface area (Å²) >= 11 is 6.15. The van der Waals surface area contributed by atoms with Gasteiger partial charge in [0.1, 0.15) is 6.04 Å². The average molecular weight is 358 g/mol. The summed E-state index contributed by atoms with van der Waals surface area (Å²) in [7, 11) is 0. The van der Waals surface area contributed by atoms with Crippen LogP contribution in [0.5, 0.6) is 0 Å². The first kappa shape index (κ1) is 18.0. The van der Waals surface area contributed by atoms with Gasteiger partial charge in [0, 0.05) is 19.0 Å². The Balaban J connectivity index is 0.00000192. The third-order valence-corrected chi connectivity index (χ3v) is 4.60. The maximum absolute atomic E-state index is 12.5. The van der Waals surface area contributed by atoms with Crippen LogP contribution in [0.1, 0.15) is 25.7 Å². The van der Waals surface area contributed by atoms with Crippen molar-refractivity contribution in [3.05, 3.63) is 29.3 Å². The number of para-hydroxylation sites is 1. The number of carbonyl (C=O) groups excluding carboxylic acids is 2. The normalized spacial score (nSPS) is 23.7. The van der Waals surface area contributed by atoms with Crippen LogP contribution >= 0.6 is 24.0 Å². The van der Waals surface area contributed by atoms with E-state index >= 15 is 0 Å². The molecule has 0 radical (unpaired) electrons. The van der Waals surface area contributed by atoms with Crippen LogP contribution in [0.4, 0.5) is 5.69 Å². The average Bonchev–Trinajstić information content (AvgIpc) is 3.11. The van der Waals surface area contributed by atoms with Gasteiger partial charge in [-0.3, -0.25) is 9.59 Å². The van der Waals surface area contributed by atoms with Crippen LogP contribution in [0.25, 0.3) is 0 Å². The molecule has 0 spiro atoms. The summed E-state index contributed by atoms with van der Waals surface area (Å²) in [6.07, 6.45) is 3.20. The van der Waals surface area contributed by atoms with E-state index in [1.54, 1.807) is 11.0 Å². The fraction of sp³-hybridized carbons (Fsp3) is 0.500. The Morgan fingerprint density at radius 2 is 2.13 bits per heavy atom. The number of benzene rings is 1. The highest BCUT2D eigenvalue weighted by molar-refractivity contribution is 6.34. The Morgan fingerprint density at radius 1 is 1.35 bits per heavy atom. The van der Waals surface area contributed by atoms with Crippen molar-refractivity contribution in [3.63, 3.8) is 0 Å². The van der Waals surface area contributed by atoms with Gasteiger partial charge in [0.15, 0.2) is 0 Å². The van der Waals surface area contributed by atoms with Crippen molar-refractivity contribution in [1.29, 1.82) is 0 Å². The van der Waals surface area contributed by atoms with Crippen molar-refractivity contribution in [2.75, 3.05) is 18.0 Å². The Labute approximate surface area is 147 Å². The van der Waals surface area contributed by atoms with Crippen LogP contribution in [-0.2, 0) is 9.59 Å². The van der Waals surface area contributed by atoms with Gasteiger partial charge in [0.25, 0.3) is 0 Å². The molecule has 2 fully saturated rings. The Hall–Kier alpha value is -1.30. The molecule has 2 N–H and O–H groups in total. The van der Waals surface area contributed by atoms with Crippen LogP contribution < -0.4 is 15.5 Å². The first-order valence-electron chi connectivity index (χ1n) is 7.74. The predicted octanol–water partition coefficient (Wildman–Crippen LogP) is 2.13. The molecular formula is C16H21Cl2N3O2. The van der Waals surface area contributed by atoms with Gasteiger partial charge in [-0.2, -0.15) is 0 Å². The predicted molar refractivity (Wildman–Crippen MR) is 93.2 cm³/mol. The van der Waals surface area contributed by atoms with Gasteiger partial charge < -0.3 is 15.5 Å². The molecule has 2 saturated heterocycles. The molecule has 2 atom stereocenters. The fourth-order valence-corrected chi connectivity index (χ4v) is 3.37. The van der Waals surface area contributed by atoms with Gasteiger partial charge in [-0.25, -0.2) is 0 Å². The lowest BCUT2D eigenvalue weighted by molar-refractivity contribution is -0.126. The maximum atomic E-state index is 12.5. The molecule has 23 heavy (non-hydrogen) atoms. The maximum Gasteiger partial charge on any atom is 0.249 e. The van der Waals surface area contributed by atoms with Crippen LogP contribution in [0.2, 0.25) is 5.02 Å². The van der Waals surface area contributed by atoms with Crippen molar-refractivity contribution in [2.45, 2.75) is 37.8 Å². The zero-order valence-electron chi connectivity index (χ0n) is 12.8. The monoisotopic (exact) mass is 357 g/mol. The largest absolute Gasteiger partial charge is 0.344 e. The summed E-state index contributed by atoms with van der Waals surface area (Å²) in [5, 5.41) is 6.71. The molecule has 5 nitrogen and oxygen atoms in total. The minimum absolute atomic E-state index is 0. The highest BCUT2D eigenvalue weighted by Gasteiger charge is 2.34. The number of anilines is 1. The van der Waals surface area contributed by atoms with Crippen molar-refractivity contribution in [2.24, 2.45) is 0 Å². The van der Waals surface area contributed by atoms with Crippen LogP contribution in [0, 0.1) is 0 Å². The van der Waals surface area contributed by atoms with Crippen molar-refractivity contribution in [3.8, 4) is 0 Å². The van der Waals surface area contributed by atoms with Gasteiger partial charge in [-0.1, -0.05) is 23.7 Å². The Bertz CT molecular complexity index is 576. The number of hydrogen-bond donors (Lipinski definition) is 2. The number of hydrogen-bond acceptors (Lipinski definition) is 3. The van der Waals surface area contributed by atoms with Crippen molar-refractivity contribution >= 4 is 41.5 Å². The molecule has 2 aliphatic rings. The molecule has 3 rings (SSSR count). The number of nitrogens with one attached hydrogen (secondary N) is 2. The van der Waals surface area contributed by atoms with Crippen molar-refractivity contribution < 1.29 is 9.59 Å². The van der Waals surface area contributed by atoms with Gasteiger partial charge in [0.05, 0.1) is 10.7 Å². The van der Waals surface area contributed by atoms with E-state index in [0.717, 1.165) is 19.4 Å². The quantitative estimate of drug-likeness (QED) is 0.867. The minimum atomic E-state index is -0.440. The molecule has 2 heterocycles. The number of carbonyl (C=O) groups is 2. The zero-order valence-corrected chi connectivity index (χ0v) is 14.3. The lowest BCUT2D eigenvalue weighted by atomic mass is 10.1. The van der Waals surface area contributed by atoms with Gasteiger partial charge in [-0.05, 0) is 37.9 Å². The van der Waals surface area contributed by atoms with Crippen LogP contribution in [0.15, 0.2) is 24.3 Å². The Morgan fingerprint density at radius 3 is 2.83 bits per heavy atom. The minimum Gasteiger partial charge on any atom is -0.344 e. The van der Waals surface area contributed by atoms with E-state index in [2.05, 4.69) is 10.6 Å². The molecule has 0 bridgehead atoms. The van der Waals surface area contributed by atoms with Crippen LogP contribution in [0.3, 0.4) is 0 Å². The second kappa shape index (κ2) is 7.99. The summed E-state index contributed by atoms with van der Waals surface area (Å²) in [6.45, 7) is 1.55. The number of amides is 2. The van der Waals surface area contributed by atoms with E-state index in [0.29, 0.717) is 30.1 Å². The number of nitrogens with zero attached hydrogens (tertiary/aromatic N) is 1. The molecule has 0 aliphatic carbocycles. The summed E-state index contributed by atoms with van der Waals surface area (Å²) in [6, 6.07) is 7.09. The third-order valence-electron chi connectivity index (χ3n) is 4.28. The van der Waals surface area contributed by atoms with E-state index < -0.39 is 6.04 Å². The lowest BCUT2D eigenvalue weighted by Gasteiger charge is -2.19. The van der Waals surface area contributed by atoms with Gasteiger partial charge in [-0.15, -0.1) is 12.4 Å². The highest BCUT2D eigenvalue weighted by atomic mass is 35.5. The molecular weight excluding hydrogens is 337 g/mol. The molecule has 126 valence electrons. The SMILES string of the molecule is Cl.O=C(CC1CCCN1)NC1CCN(c2ccccc2Cl)C1=O. The lowest BCUT2D eigenvalue weighted by Crippen LogP contribution is -2.43. The van der Waals surface area contributed by atoms with E-state index in [4.69, 9.17) is 11.6 Å². The highest BCUT2D eigenvalue weighted by Crippen LogP contribution is 2.29. The van der Waals surface area contributed by atoms with Crippen molar-refractivity contribution in [1.82, 2.24) is 10.6 Å². The molecule has 1 aromatic carbocycles. The molecule has 0 aromatic heterocycles. The fourth-order valence-electron chi connectivity index (χ4n) is 3.13. The Kier molecular flexibility index (Phi) is 6.27. The third kappa shape index (κ3) is 4.16. The molecule has 1 aromatic rings. The van der Waals surface area contributed by atoms with E-state index in [1.807, 2.05) is 18.2 Å². The first-order chi connectivity index (χ1) is 10.6. The second-order valence-electron chi connectivity index (χ2n) is 5.85. The molecule has 2 unspecified atom stereocenters. The second-order valence-corrected chi connectivity index (χ2v) is 6.25. The summed E-state index contributed by atoms with van der Waals surface area (Å²) < 4.78 is 0. The number of halogens is 2. The topological polar surface area (TPSA) is 61.4 Å². The van der Waals surface area contributed by atoms with E-state index in [1.165, 1.54) is 0 Å². The van der Waals surface area contributed by atoms with E-state index in [9.17, 15) is 9.59 Å². The standard InChI is InChI=1S/C16H20ClN3O2.ClH/c17-12-5-1-2-6-14(12)20-9-7-13(16(20)22)19-15(21)10-11-4-3-8-18-11;/h1-2,5-6,11,13,18H,3-4,7-10H2,(H,19,21);1H. The summed E-state index contributed by atoms with van der Waals surface area (Å²) in [4.78, 5) is 26.2. The first-order valence-corrected chi connectivity index (χ1v) is 8.11. The molecule has 2 amide bonds. The summed E-state index contributed by atoms with van der Waals surface area (Å²) in [5.74, 6) is -0.139.